The summed E-state index contributed by atoms with van der Waals surface area (Å²) >= 11 is 6.03. The smallest absolute Gasteiger partial charge is 0.0426 e. The Bertz CT molecular complexity index is 382. The average molecular weight is 303 g/mol. The normalized spacial score (nSPS) is 22.9. The van der Waals surface area contributed by atoms with Crippen molar-refractivity contribution in [2.45, 2.75) is 45.2 Å². The highest BCUT2D eigenvalue weighted by molar-refractivity contribution is 6.30. The third kappa shape index (κ3) is 5.21. The van der Waals surface area contributed by atoms with Gasteiger partial charge in [-0.05, 0) is 49.9 Å². The van der Waals surface area contributed by atoms with Crippen LogP contribution in [0.5, 0.6) is 0 Å². The van der Waals surface area contributed by atoms with Crippen molar-refractivity contribution in [2.24, 2.45) is 5.92 Å². The highest BCUT2D eigenvalue weighted by Crippen LogP contribution is 2.22. The standard InChI is InChI=1S/C15H23ClN2.ClH/c1-11(2)9-15-14(7-4-8-17-15)18-13-6-3-5-12(16)10-13;/h3,5-6,10-11,14-15,17-18H,4,7-9H2,1-2H3;1H/t14-,15-;/m1./s1. The van der Waals surface area contributed by atoms with Crippen LogP contribution < -0.4 is 10.6 Å². The van der Waals surface area contributed by atoms with Crippen LogP contribution >= 0.6 is 24.0 Å². The number of anilines is 1. The lowest BCUT2D eigenvalue weighted by Gasteiger charge is -2.35. The monoisotopic (exact) mass is 302 g/mol. The fourth-order valence-electron chi connectivity index (χ4n) is 2.67. The van der Waals surface area contributed by atoms with E-state index < -0.39 is 0 Å². The van der Waals surface area contributed by atoms with Crippen molar-refractivity contribution in [2.75, 3.05) is 11.9 Å². The molecule has 0 saturated carbocycles. The summed E-state index contributed by atoms with van der Waals surface area (Å²) in [5.41, 5.74) is 1.13. The van der Waals surface area contributed by atoms with Crippen molar-refractivity contribution < 1.29 is 0 Å². The molecule has 0 radical (unpaired) electrons. The minimum absolute atomic E-state index is 0. The maximum atomic E-state index is 6.03. The van der Waals surface area contributed by atoms with Crippen LogP contribution in [0.15, 0.2) is 24.3 Å². The molecule has 4 heteroatoms. The lowest BCUT2D eigenvalue weighted by molar-refractivity contribution is 0.321. The molecule has 1 aromatic rings. The Hall–Kier alpha value is -0.440. The second-order valence-electron chi connectivity index (χ2n) is 5.59. The van der Waals surface area contributed by atoms with Crippen LogP contribution in [0.4, 0.5) is 5.69 Å². The first-order chi connectivity index (χ1) is 8.65. The molecule has 2 N–H and O–H groups in total. The number of hydrogen-bond donors (Lipinski definition) is 2. The van der Waals surface area contributed by atoms with Crippen LogP contribution in [0, 0.1) is 5.92 Å². The molecule has 1 fully saturated rings. The lowest BCUT2D eigenvalue weighted by Crippen LogP contribution is -2.49. The van der Waals surface area contributed by atoms with E-state index >= 15 is 0 Å². The molecule has 1 aliphatic heterocycles. The molecule has 1 aliphatic rings. The molecule has 0 spiro atoms. The van der Waals surface area contributed by atoms with Crippen molar-refractivity contribution in [3.63, 3.8) is 0 Å². The van der Waals surface area contributed by atoms with Gasteiger partial charge in [-0.25, -0.2) is 0 Å². The van der Waals surface area contributed by atoms with E-state index in [4.69, 9.17) is 11.6 Å². The highest BCUT2D eigenvalue weighted by Gasteiger charge is 2.25. The summed E-state index contributed by atoms with van der Waals surface area (Å²) < 4.78 is 0. The summed E-state index contributed by atoms with van der Waals surface area (Å²) in [4.78, 5) is 0. The van der Waals surface area contributed by atoms with E-state index in [2.05, 4.69) is 30.5 Å². The van der Waals surface area contributed by atoms with Gasteiger partial charge in [-0.15, -0.1) is 12.4 Å². The first-order valence-electron chi connectivity index (χ1n) is 6.90. The number of nitrogens with one attached hydrogen (secondary N) is 2. The van der Waals surface area contributed by atoms with Gasteiger partial charge in [0.25, 0.3) is 0 Å². The summed E-state index contributed by atoms with van der Waals surface area (Å²) in [7, 11) is 0. The van der Waals surface area contributed by atoms with Gasteiger partial charge < -0.3 is 10.6 Å². The van der Waals surface area contributed by atoms with Gasteiger partial charge in [-0.3, -0.25) is 0 Å². The molecule has 0 unspecified atom stereocenters. The van der Waals surface area contributed by atoms with Crippen LogP contribution in [0.3, 0.4) is 0 Å². The number of piperidine rings is 1. The van der Waals surface area contributed by atoms with Gasteiger partial charge in [0.2, 0.25) is 0 Å². The first kappa shape index (κ1) is 16.6. The topological polar surface area (TPSA) is 24.1 Å². The lowest BCUT2D eigenvalue weighted by atomic mass is 9.91. The van der Waals surface area contributed by atoms with Gasteiger partial charge in [-0.2, -0.15) is 0 Å². The Balaban J connectivity index is 0.00000180. The minimum atomic E-state index is 0. The summed E-state index contributed by atoms with van der Waals surface area (Å²) in [6.45, 7) is 5.71. The minimum Gasteiger partial charge on any atom is -0.381 e. The van der Waals surface area contributed by atoms with Crippen molar-refractivity contribution in [3.8, 4) is 0 Å². The van der Waals surface area contributed by atoms with E-state index in [1.165, 1.54) is 19.3 Å². The largest absolute Gasteiger partial charge is 0.381 e. The van der Waals surface area contributed by atoms with Gasteiger partial charge in [0, 0.05) is 22.8 Å². The second-order valence-corrected chi connectivity index (χ2v) is 6.03. The van der Waals surface area contributed by atoms with Crippen molar-refractivity contribution >= 4 is 29.7 Å². The van der Waals surface area contributed by atoms with Gasteiger partial charge >= 0.3 is 0 Å². The maximum Gasteiger partial charge on any atom is 0.0426 e. The molecule has 2 atom stereocenters. The molecule has 1 aromatic carbocycles. The fraction of sp³-hybridized carbons (Fsp3) is 0.600. The zero-order valence-corrected chi connectivity index (χ0v) is 13.2. The second kappa shape index (κ2) is 7.98. The van der Waals surface area contributed by atoms with Crippen LogP contribution in [-0.4, -0.2) is 18.6 Å². The molecular formula is C15H24Cl2N2. The molecule has 0 aromatic heterocycles. The van der Waals surface area contributed by atoms with Crippen molar-refractivity contribution in [1.29, 1.82) is 0 Å². The Morgan fingerprint density at radius 2 is 2.21 bits per heavy atom. The van der Waals surface area contributed by atoms with Gasteiger partial charge in [0.15, 0.2) is 0 Å². The molecule has 1 heterocycles. The molecule has 1 saturated heterocycles. The fourth-order valence-corrected chi connectivity index (χ4v) is 2.86. The van der Waals surface area contributed by atoms with E-state index in [1.54, 1.807) is 0 Å². The van der Waals surface area contributed by atoms with Crippen molar-refractivity contribution in [3.05, 3.63) is 29.3 Å². The predicted molar refractivity (Wildman–Crippen MR) is 86.6 cm³/mol. The molecule has 0 amide bonds. The molecule has 0 bridgehead atoms. The van der Waals surface area contributed by atoms with Gasteiger partial charge in [0.05, 0.1) is 0 Å². The predicted octanol–water partition coefficient (Wildman–Crippen LogP) is 4.34. The SMILES string of the molecule is CC(C)C[C@H]1NCCC[C@H]1Nc1cccc(Cl)c1.Cl. The van der Waals surface area contributed by atoms with Crippen LogP contribution in [0.1, 0.15) is 33.1 Å². The molecule has 19 heavy (non-hydrogen) atoms. The Kier molecular flexibility index (Phi) is 6.98. The summed E-state index contributed by atoms with van der Waals surface area (Å²) in [6.07, 6.45) is 3.70. The number of halogens is 2. The first-order valence-corrected chi connectivity index (χ1v) is 7.28. The van der Waals surface area contributed by atoms with E-state index in [0.29, 0.717) is 12.1 Å². The zero-order valence-electron chi connectivity index (χ0n) is 11.7. The Morgan fingerprint density at radius 1 is 1.42 bits per heavy atom. The molecular weight excluding hydrogens is 279 g/mol. The van der Waals surface area contributed by atoms with E-state index in [-0.39, 0.29) is 12.4 Å². The van der Waals surface area contributed by atoms with E-state index in [9.17, 15) is 0 Å². The summed E-state index contributed by atoms with van der Waals surface area (Å²) in [5, 5.41) is 8.07. The summed E-state index contributed by atoms with van der Waals surface area (Å²) in [6, 6.07) is 9.09. The molecule has 2 rings (SSSR count). The quantitative estimate of drug-likeness (QED) is 0.864. The number of benzene rings is 1. The average Bonchev–Trinajstić information content (AvgIpc) is 2.31. The van der Waals surface area contributed by atoms with Crippen LogP contribution in [0.25, 0.3) is 0 Å². The summed E-state index contributed by atoms with van der Waals surface area (Å²) in [5.74, 6) is 0.726. The molecule has 2 nitrogen and oxygen atoms in total. The maximum absolute atomic E-state index is 6.03. The van der Waals surface area contributed by atoms with E-state index in [1.807, 2.05) is 18.2 Å². The molecule has 0 aliphatic carbocycles. The number of hydrogen-bond acceptors (Lipinski definition) is 2. The third-order valence-corrected chi connectivity index (χ3v) is 3.72. The van der Waals surface area contributed by atoms with Gasteiger partial charge in [0.1, 0.15) is 0 Å². The van der Waals surface area contributed by atoms with Crippen LogP contribution in [-0.2, 0) is 0 Å². The number of rotatable bonds is 4. The van der Waals surface area contributed by atoms with Crippen LogP contribution in [0.2, 0.25) is 5.02 Å². The third-order valence-electron chi connectivity index (χ3n) is 3.49. The zero-order chi connectivity index (χ0) is 13.0. The highest BCUT2D eigenvalue weighted by atomic mass is 35.5. The Morgan fingerprint density at radius 3 is 2.89 bits per heavy atom. The molecule has 108 valence electrons. The van der Waals surface area contributed by atoms with Crippen molar-refractivity contribution in [1.82, 2.24) is 5.32 Å². The van der Waals surface area contributed by atoms with Gasteiger partial charge in [-0.1, -0.05) is 31.5 Å². The Labute approximate surface area is 127 Å². The van der Waals surface area contributed by atoms with E-state index in [0.717, 1.165) is 23.2 Å².